The number of rotatable bonds is 3. The van der Waals surface area contributed by atoms with Crippen LogP contribution in [0.1, 0.15) is 20.8 Å². The second-order valence-corrected chi connectivity index (χ2v) is 4.61. The number of aliphatic carboxylic acids is 1. The molecule has 0 spiro atoms. The lowest BCUT2D eigenvalue weighted by molar-refractivity contribution is -0.149. The van der Waals surface area contributed by atoms with Crippen LogP contribution in [0.2, 0.25) is 0 Å². The second kappa shape index (κ2) is 4.28. The molecular formula is C10H19NO3. The Hall–Kier alpha value is -0.610. The molecule has 1 aliphatic heterocycles. The molecule has 0 aromatic heterocycles. The standard InChI is InChI=1S/C10H19NO3/c1-8-6-11(4-5-14-8)7-10(2,3)9(12)13/h8H,4-7H2,1-3H3,(H,12,13). The lowest BCUT2D eigenvalue weighted by atomic mass is 9.93. The van der Waals surface area contributed by atoms with Crippen molar-refractivity contribution in [2.24, 2.45) is 5.41 Å². The molecule has 1 N–H and O–H groups in total. The van der Waals surface area contributed by atoms with Crippen LogP contribution in [0.5, 0.6) is 0 Å². The van der Waals surface area contributed by atoms with Crippen LogP contribution in [0.4, 0.5) is 0 Å². The Morgan fingerprint density at radius 1 is 1.64 bits per heavy atom. The summed E-state index contributed by atoms with van der Waals surface area (Å²) in [5.41, 5.74) is -0.670. The first-order valence-corrected chi connectivity index (χ1v) is 4.99. The van der Waals surface area contributed by atoms with Crippen molar-refractivity contribution in [2.75, 3.05) is 26.2 Å². The third-order valence-corrected chi connectivity index (χ3v) is 2.52. The van der Waals surface area contributed by atoms with E-state index in [1.807, 2.05) is 6.92 Å². The third kappa shape index (κ3) is 2.96. The zero-order valence-electron chi connectivity index (χ0n) is 9.12. The lowest BCUT2D eigenvalue weighted by Crippen LogP contribution is -2.47. The van der Waals surface area contributed by atoms with E-state index in [-0.39, 0.29) is 6.10 Å². The van der Waals surface area contributed by atoms with Gasteiger partial charge < -0.3 is 9.84 Å². The number of carbonyl (C=O) groups is 1. The molecule has 4 heteroatoms. The molecule has 1 heterocycles. The average molecular weight is 201 g/mol. The van der Waals surface area contributed by atoms with Crippen LogP contribution in [0.15, 0.2) is 0 Å². The second-order valence-electron chi connectivity index (χ2n) is 4.61. The molecule has 1 aliphatic rings. The van der Waals surface area contributed by atoms with Crippen molar-refractivity contribution in [3.05, 3.63) is 0 Å². The summed E-state index contributed by atoms with van der Waals surface area (Å²) in [7, 11) is 0. The highest BCUT2D eigenvalue weighted by Crippen LogP contribution is 2.18. The lowest BCUT2D eigenvalue weighted by Gasteiger charge is -2.35. The van der Waals surface area contributed by atoms with Gasteiger partial charge in [-0.05, 0) is 20.8 Å². The van der Waals surface area contributed by atoms with Crippen LogP contribution in [-0.4, -0.2) is 48.3 Å². The van der Waals surface area contributed by atoms with Gasteiger partial charge in [-0.1, -0.05) is 0 Å². The van der Waals surface area contributed by atoms with E-state index in [1.54, 1.807) is 13.8 Å². The van der Waals surface area contributed by atoms with Crippen molar-refractivity contribution in [1.29, 1.82) is 0 Å². The van der Waals surface area contributed by atoms with E-state index in [2.05, 4.69) is 4.90 Å². The highest BCUT2D eigenvalue weighted by Gasteiger charge is 2.31. The molecule has 1 atom stereocenters. The Kier molecular flexibility index (Phi) is 3.50. The summed E-state index contributed by atoms with van der Waals surface area (Å²) in [4.78, 5) is 13.1. The van der Waals surface area contributed by atoms with Crippen molar-refractivity contribution < 1.29 is 14.6 Å². The van der Waals surface area contributed by atoms with Crippen molar-refractivity contribution in [3.8, 4) is 0 Å². The molecule has 1 saturated heterocycles. The molecule has 14 heavy (non-hydrogen) atoms. The summed E-state index contributed by atoms with van der Waals surface area (Å²) in [6.07, 6.45) is 0.216. The minimum atomic E-state index is -0.739. The Balaban J connectivity index is 2.47. The third-order valence-electron chi connectivity index (χ3n) is 2.52. The molecular weight excluding hydrogens is 182 g/mol. The zero-order chi connectivity index (χ0) is 10.8. The SMILES string of the molecule is CC1CN(CC(C)(C)C(=O)O)CCO1. The van der Waals surface area contributed by atoms with Crippen LogP contribution >= 0.6 is 0 Å². The summed E-state index contributed by atoms with van der Waals surface area (Å²) in [6.45, 7) is 8.50. The van der Waals surface area contributed by atoms with Gasteiger partial charge in [0.2, 0.25) is 0 Å². The highest BCUT2D eigenvalue weighted by molar-refractivity contribution is 5.73. The maximum Gasteiger partial charge on any atom is 0.310 e. The van der Waals surface area contributed by atoms with Gasteiger partial charge in [-0.2, -0.15) is 0 Å². The summed E-state index contributed by atoms with van der Waals surface area (Å²) in [5, 5.41) is 8.98. The van der Waals surface area contributed by atoms with Crippen molar-refractivity contribution in [3.63, 3.8) is 0 Å². The van der Waals surface area contributed by atoms with Gasteiger partial charge >= 0.3 is 5.97 Å². The molecule has 4 nitrogen and oxygen atoms in total. The molecule has 0 aromatic rings. The van der Waals surface area contributed by atoms with E-state index in [9.17, 15) is 4.79 Å². The van der Waals surface area contributed by atoms with Gasteiger partial charge in [-0.25, -0.2) is 0 Å². The van der Waals surface area contributed by atoms with E-state index in [0.717, 1.165) is 13.1 Å². The minimum absolute atomic E-state index is 0.216. The number of hydrogen-bond acceptors (Lipinski definition) is 3. The Morgan fingerprint density at radius 3 is 2.79 bits per heavy atom. The van der Waals surface area contributed by atoms with Gasteiger partial charge in [0.1, 0.15) is 0 Å². The molecule has 82 valence electrons. The van der Waals surface area contributed by atoms with E-state index in [4.69, 9.17) is 9.84 Å². The number of carboxylic acid groups (broad SMARTS) is 1. The fraction of sp³-hybridized carbons (Fsp3) is 0.900. The van der Waals surface area contributed by atoms with Crippen LogP contribution < -0.4 is 0 Å². The first-order valence-electron chi connectivity index (χ1n) is 4.99. The van der Waals surface area contributed by atoms with E-state index in [0.29, 0.717) is 13.2 Å². The molecule has 1 fully saturated rings. The number of carboxylic acids is 1. The van der Waals surface area contributed by atoms with E-state index < -0.39 is 11.4 Å². The predicted molar refractivity (Wildman–Crippen MR) is 53.3 cm³/mol. The van der Waals surface area contributed by atoms with Gasteiger partial charge in [-0.15, -0.1) is 0 Å². The monoisotopic (exact) mass is 201 g/mol. The van der Waals surface area contributed by atoms with Gasteiger partial charge in [0.05, 0.1) is 18.1 Å². The number of morpholine rings is 1. The van der Waals surface area contributed by atoms with Gasteiger partial charge in [0.15, 0.2) is 0 Å². The Bertz CT molecular complexity index is 215. The van der Waals surface area contributed by atoms with Gasteiger partial charge in [0, 0.05) is 19.6 Å². The molecule has 0 radical (unpaired) electrons. The number of nitrogens with zero attached hydrogens (tertiary/aromatic N) is 1. The van der Waals surface area contributed by atoms with E-state index >= 15 is 0 Å². The Morgan fingerprint density at radius 2 is 2.29 bits per heavy atom. The van der Waals surface area contributed by atoms with Crippen molar-refractivity contribution in [1.82, 2.24) is 4.90 Å². The fourth-order valence-electron chi connectivity index (χ4n) is 1.66. The molecule has 1 rings (SSSR count). The average Bonchev–Trinajstić information content (AvgIpc) is 2.02. The van der Waals surface area contributed by atoms with Crippen molar-refractivity contribution in [2.45, 2.75) is 26.9 Å². The van der Waals surface area contributed by atoms with Crippen LogP contribution in [0.3, 0.4) is 0 Å². The largest absolute Gasteiger partial charge is 0.481 e. The highest BCUT2D eigenvalue weighted by atomic mass is 16.5. The fourth-order valence-corrected chi connectivity index (χ4v) is 1.66. The van der Waals surface area contributed by atoms with Crippen LogP contribution in [0, 0.1) is 5.41 Å². The molecule has 0 aromatic carbocycles. The molecule has 0 amide bonds. The summed E-state index contributed by atoms with van der Waals surface area (Å²) in [5.74, 6) is -0.739. The Labute approximate surface area is 84.8 Å². The first-order chi connectivity index (χ1) is 6.42. The minimum Gasteiger partial charge on any atom is -0.481 e. The summed E-state index contributed by atoms with van der Waals surface area (Å²) in [6, 6.07) is 0. The topological polar surface area (TPSA) is 49.8 Å². The molecule has 0 saturated carbocycles. The van der Waals surface area contributed by atoms with Gasteiger partial charge in [0.25, 0.3) is 0 Å². The first kappa shape index (κ1) is 11.5. The predicted octanol–water partition coefficient (Wildman–Crippen LogP) is 0.818. The zero-order valence-corrected chi connectivity index (χ0v) is 9.12. The maximum atomic E-state index is 10.9. The smallest absolute Gasteiger partial charge is 0.310 e. The van der Waals surface area contributed by atoms with Crippen molar-refractivity contribution >= 4 is 5.97 Å². The summed E-state index contributed by atoms with van der Waals surface area (Å²) < 4.78 is 5.39. The summed E-state index contributed by atoms with van der Waals surface area (Å²) >= 11 is 0. The quantitative estimate of drug-likeness (QED) is 0.734. The van der Waals surface area contributed by atoms with Crippen LogP contribution in [-0.2, 0) is 9.53 Å². The number of ether oxygens (including phenoxy) is 1. The number of hydrogen-bond donors (Lipinski definition) is 1. The van der Waals surface area contributed by atoms with E-state index in [1.165, 1.54) is 0 Å². The normalized spacial score (nSPS) is 24.9. The maximum absolute atomic E-state index is 10.9. The molecule has 0 aliphatic carbocycles. The molecule has 0 bridgehead atoms. The van der Waals surface area contributed by atoms with Gasteiger partial charge in [-0.3, -0.25) is 9.69 Å². The van der Waals surface area contributed by atoms with Crippen LogP contribution in [0.25, 0.3) is 0 Å². The molecule has 1 unspecified atom stereocenters.